The van der Waals surface area contributed by atoms with E-state index in [0.717, 1.165) is 52.0 Å². The molecule has 6 nitrogen and oxygen atoms in total. The van der Waals surface area contributed by atoms with Crippen molar-refractivity contribution in [1.82, 2.24) is 15.5 Å². The van der Waals surface area contributed by atoms with E-state index in [9.17, 15) is 0 Å². The van der Waals surface area contributed by atoms with Crippen molar-refractivity contribution in [3.63, 3.8) is 0 Å². The van der Waals surface area contributed by atoms with Crippen LogP contribution in [0.2, 0.25) is 0 Å². The molecule has 1 saturated heterocycles. The summed E-state index contributed by atoms with van der Waals surface area (Å²) in [6.45, 7) is 11.3. The summed E-state index contributed by atoms with van der Waals surface area (Å²) in [5.41, 5.74) is 1.30. The highest BCUT2D eigenvalue weighted by atomic mass is 127. The Balaban J connectivity index is 0.00000338. The molecule has 0 bridgehead atoms. The number of guanidine groups is 1. The number of nitrogens with one attached hydrogen (secondary N) is 2. The lowest BCUT2D eigenvalue weighted by Gasteiger charge is -2.34. The van der Waals surface area contributed by atoms with Crippen LogP contribution in [0.3, 0.4) is 0 Å². The normalized spacial score (nSPS) is 16.6. The molecule has 0 amide bonds. The Morgan fingerprint density at radius 2 is 1.92 bits per heavy atom. The van der Waals surface area contributed by atoms with Crippen molar-refractivity contribution < 1.29 is 9.47 Å². The molecular weight excluding hydrogens is 443 g/mol. The van der Waals surface area contributed by atoms with Crippen LogP contribution in [0, 0.1) is 0 Å². The zero-order chi connectivity index (χ0) is 17.7. The van der Waals surface area contributed by atoms with Crippen molar-refractivity contribution in [2.24, 2.45) is 4.99 Å². The highest BCUT2D eigenvalue weighted by Crippen LogP contribution is 2.22. The van der Waals surface area contributed by atoms with Gasteiger partial charge in [0.15, 0.2) is 5.96 Å². The van der Waals surface area contributed by atoms with Gasteiger partial charge in [-0.05, 0) is 19.4 Å². The number of hydrogen-bond acceptors (Lipinski definition) is 4. The molecule has 1 unspecified atom stereocenters. The summed E-state index contributed by atoms with van der Waals surface area (Å²) < 4.78 is 10.9. The average Bonchev–Trinajstić information content (AvgIpc) is 2.67. The number of aliphatic imine (C=N–C) groups is 1. The Morgan fingerprint density at radius 3 is 2.58 bits per heavy atom. The van der Waals surface area contributed by atoms with E-state index >= 15 is 0 Å². The third kappa shape index (κ3) is 8.20. The van der Waals surface area contributed by atoms with Gasteiger partial charge in [0.05, 0.1) is 32.4 Å². The molecule has 1 heterocycles. The molecule has 1 atom stereocenters. The summed E-state index contributed by atoms with van der Waals surface area (Å²) in [5, 5.41) is 6.65. The maximum absolute atomic E-state index is 5.51. The largest absolute Gasteiger partial charge is 0.380 e. The van der Waals surface area contributed by atoms with E-state index < -0.39 is 0 Å². The summed E-state index contributed by atoms with van der Waals surface area (Å²) >= 11 is 0. The third-order valence-electron chi connectivity index (χ3n) is 4.18. The molecule has 0 spiro atoms. The van der Waals surface area contributed by atoms with E-state index in [0.29, 0.717) is 13.2 Å². The molecule has 1 aliphatic heterocycles. The molecule has 1 aromatic carbocycles. The van der Waals surface area contributed by atoms with Crippen molar-refractivity contribution in [1.29, 1.82) is 0 Å². The smallest absolute Gasteiger partial charge is 0.191 e. The van der Waals surface area contributed by atoms with Gasteiger partial charge >= 0.3 is 0 Å². The minimum atomic E-state index is 0. The number of ether oxygens (including phenoxy) is 2. The molecule has 1 aliphatic rings. The second-order valence-electron chi connectivity index (χ2n) is 5.92. The highest BCUT2D eigenvalue weighted by molar-refractivity contribution is 14.0. The van der Waals surface area contributed by atoms with Crippen LogP contribution in [0.25, 0.3) is 0 Å². The van der Waals surface area contributed by atoms with Crippen molar-refractivity contribution in [3.05, 3.63) is 35.9 Å². The predicted molar refractivity (Wildman–Crippen MR) is 117 cm³/mol. The monoisotopic (exact) mass is 476 g/mol. The fourth-order valence-corrected chi connectivity index (χ4v) is 2.90. The van der Waals surface area contributed by atoms with Crippen LogP contribution in [0.5, 0.6) is 0 Å². The standard InChI is InChI=1S/C19H32N4O2.HI/c1-3-20-19(21-10-13-24-4-2)22-16-18(17-8-6-5-7-9-17)23-11-14-25-15-12-23;/h5-9,18H,3-4,10-16H2,1-2H3,(H2,20,21,22);1H. The Hall–Kier alpha value is -0.900. The van der Waals surface area contributed by atoms with E-state index in [1.165, 1.54) is 5.56 Å². The number of hydrogen-bond donors (Lipinski definition) is 2. The molecule has 2 N–H and O–H groups in total. The van der Waals surface area contributed by atoms with Crippen molar-refractivity contribution in [2.45, 2.75) is 19.9 Å². The van der Waals surface area contributed by atoms with Gasteiger partial charge in [-0.3, -0.25) is 9.89 Å². The minimum Gasteiger partial charge on any atom is -0.380 e. The van der Waals surface area contributed by atoms with Gasteiger partial charge in [-0.2, -0.15) is 0 Å². The fourth-order valence-electron chi connectivity index (χ4n) is 2.90. The predicted octanol–water partition coefficient (Wildman–Crippen LogP) is 2.27. The van der Waals surface area contributed by atoms with Crippen molar-refractivity contribution >= 4 is 29.9 Å². The lowest BCUT2D eigenvalue weighted by molar-refractivity contribution is 0.0179. The van der Waals surface area contributed by atoms with Gasteiger partial charge in [0.2, 0.25) is 0 Å². The first-order chi connectivity index (χ1) is 12.3. The molecule has 0 saturated carbocycles. The fraction of sp³-hybridized carbons (Fsp3) is 0.632. The Bertz CT molecular complexity index is 496. The second-order valence-corrected chi connectivity index (χ2v) is 5.92. The molecule has 148 valence electrons. The zero-order valence-corrected chi connectivity index (χ0v) is 18.3. The summed E-state index contributed by atoms with van der Waals surface area (Å²) in [6.07, 6.45) is 0. The first-order valence-electron chi connectivity index (χ1n) is 9.31. The number of rotatable bonds is 9. The van der Waals surface area contributed by atoms with Gasteiger partial charge in [-0.1, -0.05) is 30.3 Å². The summed E-state index contributed by atoms with van der Waals surface area (Å²) in [4.78, 5) is 7.28. The Labute approximate surface area is 174 Å². The number of morpholine rings is 1. The van der Waals surface area contributed by atoms with Crippen LogP contribution in [0.4, 0.5) is 0 Å². The lowest BCUT2D eigenvalue weighted by Crippen LogP contribution is -2.42. The summed E-state index contributed by atoms with van der Waals surface area (Å²) in [5.74, 6) is 0.844. The Morgan fingerprint density at radius 1 is 1.19 bits per heavy atom. The van der Waals surface area contributed by atoms with Gasteiger partial charge in [0.1, 0.15) is 0 Å². The quantitative estimate of drug-likeness (QED) is 0.248. The maximum atomic E-state index is 5.51. The van der Waals surface area contributed by atoms with E-state index in [1.807, 2.05) is 6.92 Å². The minimum absolute atomic E-state index is 0. The maximum Gasteiger partial charge on any atom is 0.191 e. The van der Waals surface area contributed by atoms with Crippen molar-refractivity contribution in [2.75, 3.05) is 59.2 Å². The van der Waals surface area contributed by atoms with Gasteiger partial charge in [-0.15, -0.1) is 24.0 Å². The first kappa shape index (κ1) is 23.1. The molecule has 0 aliphatic carbocycles. The number of benzene rings is 1. The molecule has 7 heteroatoms. The average molecular weight is 476 g/mol. The first-order valence-corrected chi connectivity index (χ1v) is 9.31. The van der Waals surface area contributed by atoms with Gasteiger partial charge in [-0.25, -0.2) is 0 Å². The van der Waals surface area contributed by atoms with E-state index in [-0.39, 0.29) is 30.0 Å². The van der Waals surface area contributed by atoms with E-state index in [1.54, 1.807) is 0 Å². The second kappa shape index (κ2) is 14.2. The number of halogens is 1. The molecule has 2 rings (SSSR count). The highest BCUT2D eigenvalue weighted by Gasteiger charge is 2.22. The van der Waals surface area contributed by atoms with Crippen LogP contribution in [-0.2, 0) is 9.47 Å². The molecule has 1 aromatic rings. The van der Waals surface area contributed by atoms with Crippen LogP contribution < -0.4 is 10.6 Å². The van der Waals surface area contributed by atoms with Gasteiger partial charge in [0.25, 0.3) is 0 Å². The zero-order valence-electron chi connectivity index (χ0n) is 15.9. The van der Waals surface area contributed by atoms with Crippen LogP contribution in [-0.4, -0.2) is 70.0 Å². The summed E-state index contributed by atoms with van der Waals surface area (Å²) in [7, 11) is 0. The van der Waals surface area contributed by atoms with Gasteiger partial charge in [0, 0.05) is 32.8 Å². The molecule has 26 heavy (non-hydrogen) atoms. The van der Waals surface area contributed by atoms with Crippen LogP contribution >= 0.6 is 24.0 Å². The van der Waals surface area contributed by atoms with Crippen LogP contribution in [0.1, 0.15) is 25.5 Å². The van der Waals surface area contributed by atoms with E-state index in [4.69, 9.17) is 14.5 Å². The summed E-state index contributed by atoms with van der Waals surface area (Å²) in [6, 6.07) is 10.9. The Kier molecular flexibility index (Phi) is 12.6. The van der Waals surface area contributed by atoms with Crippen LogP contribution in [0.15, 0.2) is 35.3 Å². The lowest BCUT2D eigenvalue weighted by atomic mass is 10.1. The van der Waals surface area contributed by atoms with Crippen molar-refractivity contribution in [3.8, 4) is 0 Å². The molecule has 1 fully saturated rings. The SMILES string of the molecule is CCNC(=NCC(c1ccccc1)N1CCOCC1)NCCOCC.I. The third-order valence-corrected chi connectivity index (χ3v) is 4.18. The van der Waals surface area contributed by atoms with E-state index in [2.05, 4.69) is 52.8 Å². The van der Waals surface area contributed by atoms with Gasteiger partial charge < -0.3 is 20.1 Å². The topological polar surface area (TPSA) is 58.1 Å². The molecule has 0 aromatic heterocycles. The molecule has 0 radical (unpaired) electrons. The molecular formula is C19H33IN4O2. The number of nitrogens with zero attached hydrogens (tertiary/aromatic N) is 2.